The number of nitrogens with zero attached hydrogens (tertiary/aromatic N) is 3. The third-order valence-electron chi connectivity index (χ3n) is 5.37. The van der Waals surface area contributed by atoms with Gasteiger partial charge in [0.25, 0.3) is 5.91 Å². The van der Waals surface area contributed by atoms with Gasteiger partial charge in [-0.15, -0.1) is 16.6 Å². The van der Waals surface area contributed by atoms with Crippen molar-refractivity contribution in [3.63, 3.8) is 0 Å². The molecule has 0 bridgehead atoms. The van der Waals surface area contributed by atoms with Gasteiger partial charge in [0.15, 0.2) is 5.82 Å². The van der Waals surface area contributed by atoms with Crippen LogP contribution >= 0.6 is 0 Å². The van der Waals surface area contributed by atoms with Crippen molar-refractivity contribution < 1.29 is 17.6 Å². The molecule has 4 rings (SSSR count). The molecule has 0 atom stereocenters. The summed E-state index contributed by atoms with van der Waals surface area (Å²) in [4.78, 5) is 12.6. The van der Waals surface area contributed by atoms with Crippen molar-refractivity contribution in [3.05, 3.63) is 59.7 Å². The fourth-order valence-electron chi connectivity index (χ4n) is 3.66. The fourth-order valence-corrected chi connectivity index (χ4v) is 4.59. The lowest BCUT2D eigenvalue weighted by molar-refractivity contribution is 0.102. The van der Waals surface area contributed by atoms with E-state index in [0.29, 0.717) is 11.4 Å². The molecule has 2 aromatic carbocycles. The Labute approximate surface area is 191 Å². The second kappa shape index (κ2) is 9.52. The molecule has 2 N–H and O–H groups in total. The summed E-state index contributed by atoms with van der Waals surface area (Å²) in [5.41, 5.74) is 0.816. The van der Waals surface area contributed by atoms with Crippen LogP contribution in [0.25, 0.3) is 11.4 Å². The molecule has 33 heavy (non-hydrogen) atoms. The maximum Gasteiger partial charge on any atom is 0.255 e. The molecule has 1 amide bonds. The van der Waals surface area contributed by atoms with Crippen LogP contribution in [0.15, 0.2) is 47.4 Å². The number of halogens is 1. The third-order valence-corrected chi connectivity index (χ3v) is 6.79. The summed E-state index contributed by atoms with van der Waals surface area (Å²) in [6.45, 7) is 0.650. The summed E-state index contributed by atoms with van der Waals surface area (Å²) in [5.74, 6) is 2.56. The minimum Gasteiger partial charge on any atom is -0.319 e. The van der Waals surface area contributed by atoms with Gasteiger partial charge in [-0.3, -0.25) is 4.79 Å². The van der Waals surface area contributed by atoms with Gasteiger partial charge in [-0.1, -0.05) is 12.3 Å². The van der Waals surface area contributed by atoms with E-state index in [9.17, 15) is 17.6 Å². The van der Waals surface area contributed by atoms with E-state index in [4.69, 9.17) is 6.42 Å². The highest BCUT2D eigenvalue weighted by molar-refractivity contribution is 7.89. The van der Waals surface area contributed by atoms with Crippen molar-refractivity contribution in [3.8, 4) is 23.7 Å². The van der Waals surface area contributed by atoms with Crippen molar-refractivity contribution in [2.45, 2.75) is 37.1 Å². The topological polar surface area (TPSA) is 106 Å². The van der Waals surface area contributed by atoms with E-state index in [1.54, 1.807) is 6.07 Å². The Morgan fingerprint density at radius 1 is 1.12 bits per heavy atom. The number of carbonyl (C=O) groups excluding carboxylic acids is 1. The van der Waals surface area contributed by atoms with Gasteiger partial charge < -0.3 is 9.88 Å². The van der Waals surface area contributed by atoms with E-state index in [2.05, 4.69) is 26.2 Å². The van der Waals surface area contributed by atoms with Gasteiger partial charge in [-0.2, -0.15) is 4.72 Å². The van der Waals surface area contributed by atoms with Crippen molar-refractivity contribution in [1.82, 2.24) is 19.5 Å². The molecule has 0 saturated heterocycles. The van der Waals surface area contributed by atoms with Crippen LogP contribution in [0.5, 0.6) is 0 Å². The number of rotatable bonds is 6. The largest absolute Gasteiger partial charge is 0.319 e. The molecule has 0 spiro atoms. The standard InChI is InChI=1S/C23H22FN5O3S/c1-2-13-25-33(31,32)18-10-7-16(8-11-18)23(30)26-20-15-17(9-12-19(20)24)22-28-27-21-6-4-3-5-14-29(21)22/h1,7-12,15,25H,3-6,13-14H2,(H,26,30). The van der Waals surface area contributed by atoms with E-state index in [1.165, 1.54) is 36.4 Å². The molecule has 0 unspecified atom stereocenters. The number of aromatic nitrogens is 3. The first-order valence-electron chi connectivity index (χ1n) is 10.5. The molecular formula is C23H22FN5O3S. The predicted molar refractivity (Wildman–Crippen MR) is 121 cm³/mol. The van der Waals surface area contributed by atoms with E-state index in [-0.39, 0.29) is 22.7 Å². The first-order valence-corrected chi connectivity index (χ1v) is 11.9. The van der Waals surface area contributed by atoms with Crippen LogP contribution < -0.4 is 10.0 Å². The van der Waals surface area contributed by atoms with Crippen LogP contribution in [-0.2, 0) is 23.0 Å². The zero-order chi connectivity index (χ0) is 23.4. The predicted octanol–water partition coefficient (Wildman–Crippen LogP) is 2.97. The highest BCUT2D eigenvalue weighted by Gasteiger charge is 2.19. The molecule has 0 radical (unpaired) electrons. The molecule has 170 valence electrons. The molecule has 2 heterocycles. The Kier molecular flexibility index (Phi) is 6.53. The Morgan fingerprint density at radius 2 is 1.91 bits per heavy atom. The third kappa shape index (κ3) is 4.94. The van der Waals surface area contributed by atoms with Crippen LogP contribution in [0.2, 0.25) is 0 Å². The van der Waals surface area contributed by atoms with Crippen LogP contribution in [-0.4, -0.2) is 35.6 Å². The summed E-state index contributed by atoms with van der Waals surface area (Å²) >= 11 is 0. The lowest BCUT2D eigenvalue weighted by Gasteiger charge is -2.11. The lowest BCUT2D eigenvalue weighted by Crippen LogP contribution is -2.24. The second-order valence-electron chi connectivity index (χ2n) is 7.60. The summed E-state index contributed by atoms with van der Waals surface area (Å²) < 4.78 is 43.0. The van der Waals surface area contributed by atoms with E-state index >= 15 is 0 Å². The second-order valence-corrected chi connectivity index (χ2v) is 9.37. The van der Waals surface area contributed by atoms with Gasteiger partial charge in [-0.05, 0) is 55.3 Å². The number of nitrogens with one attached hydrogen (secondary N) is 2. The number of fused-ring (bicyclic) bond motifs is 1. The molecule has 10 heteroatoms. The number of amides is 1. The number of hydrogen-bond donors (Lipinski definition) is 2. The molecular weight excluding hydrogens is 445 g/mol. The normalized spacial score (nSPS) is 13.6. The van der Waals surface area contributed by atoms with Crippen molar-refractivity contribution >= 4 is 21.6 Å². The minimum atomic E-state index is -3.77. The maximum atomic E-state index is 14.5. The molecule has 3 aromatic rings. The molecule has 0 saturated carbocycles. The summed E-state index contributed by atoms with van der Waals surface area (Å²) in [6, 6.07) is 9.67. The van der Waals surface area contributed by atoms with Crippen molar-refractivity contribution in [1.29, 1.82) is 0 Å². The van der Waals surface area contributed by atoms with E-state index < -0.39 is 21.7 Å². The van der Waals surface area contributed by atoms with Gasteiger partial charge >= 0.3 is 0 Å². The number of sulfonamides is 1. The van der Waals surface area contributed by atoms with E-state index in [0.717, 1.165) is 38.1 Å². The Hall–Kier alpha value is -3.55. The molecule has 0 aliphatic carbocycles. The first kappa shape index (κ1) is 22.6. The number of terminal acetylenes is 1. The average Bonchev–Trinajstić information content (AvgIpc) is 3.07. The zero-order valence-electron chi connectivity index (χ0n) is 17.7. The van der Waals surface area contributed by atoms with Crippen LogP contribution in [0, 0.1) is 18.2 Å². The molecule has 1 aliphatic rings. The Balaban J connectivity index is 1.55. The van der Waals surface area contributed by atoms with Gasteiger partial charge in [0.2, 0.25) is 10.0 Å². The molecule has 0 fully saturated rings. The van der Waals surface area contributed by atoms with Crippen LogP contribution in [0.1, 0.15) is 35.4 Å². The summed E-state index contributed by atoms with van der Waals surface area (Å²) in [7, 11) is -3.77. The monoisotopic (exact) mass is 467 g/mol. The van der Waals surface area contributed by atoms with Crippen LogP contribution in [0.4, 0.5) is 10.1 Å². The first-order chi connectivity index (χ1) is 15.9. The van der Waals surface area contributed by atoms with Gasteiger partial charge in [0, 0.05) is 24.1 Å². The number of carbonyl (C=O) groups is 1. The quantitative estimate of drug-likeness (QED) is 0.542. The molecule has 1 aromatic heterocycles. The lowest BCUT2D eigenvalue weighted by atomic mass is 10.1. The van der Waals surface area contributed by atoms with Crippen molar-refractivity contribution in [2.24, 2.45) is 0 Å². The molecule has 1 aliphatic heterocycles. The minimum absolute atomic E-state index is 0.00384. The average molecular weight is 468 g/mol. The smallest absolute Gasteiger partial charge is 0.255 e. The highest BCUT2D eigenvalue weighted by Crippen LogP contribution is 2.27. The van der Waals surface area contributed by atoms with Gasteiger partial charge in [0.05, 0.1) is 17.1 Å². The summed E-state index contributed by atoms with van der Waals surface area (Å²) in [6.07, 6.45) is 9.12. The Bertz CT molecular complexity index is 1330. The van der Waals surface area contributed by atoms with Gasteiger partial charge in [0.1, 0.15) is 11.6 Å². The van der Waals surface area contributed by atoms with E-state index in [1.807, 2.05) is 4.57 Å². The number of anilines is 1. The van der Waals surface area contributed by atoms with Gasteiger partial charge in [-0.25, -0.2) is 12.8 Å². The highest BCUT2D eigenvalue weighted by atomic mass is 32.2. The molecule has 8 nitrogen and oxygen atoms in total. The van der Waals surface area contributed by atoms with Crippen LogP contribution in [0.3, 0.4) is 0 Å². The SMILES string of the molecule is C#CCNS(=O)(=O)c1ccc(C(=O)Nc2cc(-c3nnc4n3CCCCC4)ccc2F)cc1. The summed E-state index contributed by atoms with van der Waals surface area (Å²) in [5, 5.41) is 11.1. The fraction of sp³-hybridized carbons (Fsp3) is 0.261. The number of hydrogen-bond acceptors (Lipinski definition) is 5. The Morgan fingerprint density at radius 3 is 2.67 bits per heavy atom. The maximum absolute atomic E-state index is 14.5. The number of benzene rings is 2. The van der Waals surface area contributed by atoms with Crippen molar-refractivity contribution in [2.75, 3.05) is 11.9 Å². The zero-order valence-corrected chi connectivity index (χ0v) is 18.5. The number of aryl methyl sites for hydroxylation is 1.